The second kappa shape index (κ2) is 15.0. The molecule has 0 heterocycles. The van der Waals surface area contributed by atoms with Crippen molar-refractivity contribution in [3.05, 3.63) is 0 Å². The van der Waals surface area contributed by atoms with Crippen LogP contribution in [0.15, 0.2) is 0 Å². The van der Waals surface area contributed by atoms with Crippen LogP contribution in [0.25, 0.3) is 0 Å². The van der Waals surface area contributed by atoms with E-state index in [4.69, 9.17) is 0 Å². The van der Waals surface area contributed by atoms with Crippen LogP contribution >= 0.6 is 0 Å². The van der Waals surface area contributed by atoms with E-state index in [2.05, 4.69) is 0 Å². The van der Waals surface area contributed by atoms with Gasteiger partial charge < -0.3 is 10.6 Å². The summed E-state index contributed by atoms with van der Waals surface area (Å²) in [6.45, 7) is 2.52. The van der Waals surface area contributed by atoms with Crippen molar-refractivity contribution in [2.24, 2.45) is 0 Å². The second-order valence-corrected chi connectivity index (χ2v) is 8.92. The van der Waals surface area contributed by atoms with Gasteiger partial charge in [0.2, 0.25) is 0 Å². The molecule has 0 aliphatic carbocycles. The lowest BCUT2D eigenvalue weighted by Gasteiger charge is -2.38. The number of hydrogen-bond acceptors (Lipinski definition) is 2. The standard InChI is InChI=1S/C23H36F10N2O2/c1-3-5-7-9-11-13-15-34-17(36)19(24,25)21(28,29)23(32,33)22(30,31)20(26,27)18(37)35-16-14-12-10-8-6-4-2/h3-16H2,1-2H3,(H,34,36)(H,35,37). The molecule has 0 aliphatic heterocycles. The van der Waals surface area contributed by atoms with Gasteiger partial charge in [-0.2, -0.15) is 43.9 Å². The average Bonchev–Trinajstić information content (AvgIpc) is 2.81. The summed E-state index contributed by atoms with van der Waals surface area (Å²) in [5.41, 5.74) is 0. The first-order chi connectivity index (χ1) is 17.0. The number of carbonyl (C=O) groups is 2. The van der Waals surface area contributed by atoms with Gasteiger partial charge in [-0.1, -0.05) is 78.1 Å². The summed E-state index contributed by atoms with van der Waals surface area (Å²) >= 11 is 0. The van der Waals surface area contributed by atoms with Gasteiger partial charge in [0.05, 0.1) is 0 Å². The quantitative estimate of drug-likeness (QED) is 0.123. The zero-order valence-corrected chi connectivity index (χ0v) is 21.0. The van der Waals surface area contributed by atoms with Crippen molar-refractivity contribution in [1.29, 1.82) is 0 Å². The Labute approximate surface area is 210 Å². The molecule has 0 aromatic carbocycles. The summed E-state index contributed by atoms with van der Waals surface area (Å²) in [7, 11) is 0. The normalized spacial score (nSPS) is 13.5. The van der Waals surface area contributed by atoms with Crippen LogP contribution in [0, 0.1) is 0 Å². The molecule has 14 heteroatoms. The molecular weight excluding hydrogens is 526 g/mol. The highest BCUT2D eigenvalue weighted by Crippen LogP contribution is 2.57. The van der Waals surface area contributed by atoms with E-state index in [1.807, 2.05) is 13.8 Å². The third kappa shape index (κ3) is 8.62. The van der Waals surface area contributed by atoms with E-state index < -0.39 is 54.5 Å². The fraction of sp³-hybridized carbons (Fsp3) is 0.913. The molecule has 220 valence electrons. The molecule has 0 bridgehead atoms. The molecule has 0 saturated carbocycles. The molecule has 2 N–H and O–H groups in total. The van der Waals surface area contributed by atoms with Crippen LogP contribution in [0.2, 0.25) is 0 Å². The molecule has 0 rings (SSSR count). The number of unbranched alkanes of at least 4 members (excludes halogenated alkanes) is 10. The number of amides is 2. The minimum atomic E-state index is -7.48. The van der Waals surface area contributed by atoms with Crippen molar-refractivity contribution < 1.29 is 53.5 Å². The van der Waals surface area contributed by atoms with E-state index in [1.165, 1.54) is 10.6 Å². The number of hydrogen-bond donors (Lipinski definition) is 2. The van der Waals surface area contributed by atoms with Gasteiger partial charge in [0.1, 0.15) is 0 Å². The third-order valence-corrected chi connectivity index (χ3v) is 5.78. The van der Waals surface area contributed by atoms with E-state index in [0.717, 1.165) is 38.5 Å². The minimum absolute atomic E-state index is 0.000501. The van der Waals surface area contributed by atoms with Crippen LogP contribution in [0.1, 0.15) is 90.9 Å². The maximum absolute atomic E-state index is 14.0. The molecular formula is C23H36F10N2O2. The first-order valence-corrected chi connectivity index (χ1v) is 12.4. The lowest BCUT2D eigenvalue weighted by atomic mass is 9.93. The highest BCUT2D eigenvalue weighted by molar-refractivity contribution is 5.86. The number of carbonyl (C=O) groups excluding carboxylic acids is 2. The molecule has 0 radical (unpaired) electrons. The van der Waals surface area contributed by atoms with Crippen molar-refractivity contribution in [3.63, 3.8) is 0 Å². The Morgan fingerprint density at radius 1 is 0.459 bits per heavy atom. The Kier molecular flexibility index (Phi) is 14.3. The molecule has 4 nitrogen and oxygen atoms in total. The van der Waals surface area contributed by atoms with Crippen molar-refractivity contribution in [1.82, 2.24) is 10.6 Å². The maximum Gasteiger partial charge on any atom is 0.392 e. The molecule has 0 saturated heterocycles. The third-order valence-electron chi connectivity index (χ3n) is 5.78. The van der Waals surface area contributed by atoms with Crippen LogP contribution in [-0.2, 0) is 9.59 Å². The zero-order chi connectivity index (χ0) is 29.0. The Morgan fingerprint density at radius 2 is 0.730 bits per heavy atom. The van der Waals surface area contributed by atoms with Crippen molar-refractivity contribution in [3.8, 4) is 0 Å². The molecule has 0 atom stereocenters. The number of rotatable bonds is 20. The molecule has 0 fully saturated rings. The zero-order valence-electron chi connectivity index (χ0n) is 21.0. The predicted molar refractivity (Wildman–Crippen MR) is 118 cm³/mol. The van der Waals surface area contributed by atoms with E-state index in [1.54, 1.807) is 0 Å². The van der Waals surface area contributed by atoms with E-state index in [9.17, 15) is 53.5 Å². The van der Waals surface area contributed by atoms with Gasteiger partial charge in [-0.3, -0.25) is 9.59 Å². The molecule has 0 unspecified atom stereocenters. The first kappa shape index (κ1) is 35.2. The molecule has 0 aliphatic rings. The summed E-state index contributed by atoms with van der Waals surface area (Å²) in [5, 5.41) is 2.49. The lowest BCUT2D eigenvalue weighted by molar-refractivity contribution is -0.387. The largest absolute Gasteiger partial charge is 0.392 e. The van der Waals surface area contributed by atoms with Gasteiger partial charge in [-0.15, -0.1) is 0 Å². The van der Waals surface area contributed by atoms with Gasteiger partial charge in [-0.25, -0.2) is 0 Å². The van der Waals surface area contributed by atoms with Crippen molar-refractivity contribution in [2.75, 3.05) is 13.1 Å². The fourth-order valence-corrected chi connectivity index (χ4v) is 3.31. The molecule has 0 spiro atoms. The van der Waals surface area contributed by atoms with Crippen LogP contribution in [0.4, 0.5) is 43.9 Å². The topological polar surface area (TPSA) is 58.2 Å². The Morgan fingerprint density at radius 3 is 1.03 bits per heavy atom. The van der Waals surface area contributed by atoms with Crippen LogP contribution in [0.5, 0.6) is 0 Å². The summed E-state index contributed by atoms with van der Waals surface area (Å²) in [5.74, 6) is -41.1. The number of nitrogens with one attached hydrogen (secondary N) is 2. The molecule has 37 heavy (non-hydrogen) atoms. The van der Waals surface area contributed by atoms with Crippen LogP contribution < -0.4 is 10.6 Å². The Balaban J connectivity index is 5.30. The second-order valence-electron chi connectivity index (χ2n) is 8.92. The lowest BCUT2D eigenvalue weighted by Crippen LogP contribution is -2.71. The van der Waals surface area contributed by atoms with Gasteiger partial charge in [0.25, 0.3) is 11.8 Å². The average molecular weight is 563 g/mol. The van der Waals surface area contributed by atoms with Gasteiger partial charge in [0.15, 0.2) is 0 Å². The summed E-state index contributed by atoms with van der Waals surface area (Å²) in [4.78, 5) is 23.0. The molecule has 2 amide bonds. The minimum Gasteiger partial charge on any atom is -0.351 e. The fourth-order valence-electron chi connectivity index (χ4n) is 3.31. The van der Waals surface area contributed by atoms with Crippen molar-refractivity contribution in [2.45, 2.75) is 121 Å². The SMILES string of the molecule is CCCCCCCCNC(=O)C(F)(F)C(F)(F)C(F)(F)C(F)(F)C(F)(F)C(=O)NCCCCCCCC. The maximum atomic E-state index is 14.0. The summed E-state index contributed by atoms with van der Waals surface area (Å²) in [6, 6.07) is 0. The summed E-state index contributed by atoms with van der Waals surface area (Å²) in [6.07, 6.45) is 6.99. The highest BCUT2D eigenvalue weighted by atomic mass is 19.4. The van der Waals surface area contributed by atoms with Crippen LogP contribution in [0.3, 0.4) is 0 Å². The Bertz CT molecular complexity index is 647. The summed E-state index contributed by atoms with van der Waals surface area (Å²) < 4.78 is 140. The smallest absolute Gasteiger partial charge is 0.351 e. The van der Waals surface area contributed by atoms with E-state index in [-0.39, 0.29) is 12.8 Å². The first-order valence-electron chi connectivity index (χ1n) is 12.4. The van der Waals surface area contributed by atoms with E-state index in [0.29, 0.717) is 25.7 Å². The highest BCUT2D eigenvalue weighted by Gasteiger charge is 2.88. The van der Waals surface area contributed by atoms with E-state index >= 15 is 0 Å². The van der Waals surface area contributed by atoms with Gasteiger partial charge in [-0.05, 0) is 12.8 Å². The van der Waals surface area contributed by atoms with Crippen LogP contribution in [-0.4, -0.2) is 54.5 Å². The van der Waals surface area contributed by atoms with Crippen molar-refractivity contribution >= 4 is 11.8 Å². The van der Waals surface area contributed by atoms with Gasteiger partial charge in [0, 0.05) is 13.1 Å². The predicted octanol–water partition coefficient (Wildman–Crippen LogP) is 7.12. The number of alkyl halides is 10. The molecule has 0 aromatic heterocycles. The monoisotopic (exact) mass is 562 g/mol. The molecule has 0 aromatic rings. The number of halogens is 10. The Hall–Kier alpha value is -1.76. The van der Waals surface area contributed by atoms with Gasteiger partial charge >= 0.3 is 29.6 Å².